The highest BCUT2D eigenvalue weighted by atomic mass is 14.7. The van der Waals surface area contributed by atoms with Crippen molar-refractivity contribution in [2.24, 2.45) is 4.99 Å². The molecule has 0 aromatic heterocycles. The zero-order valence-electron chi connectivity index (χ0n) is 5.54. The second-order valence-electron chi connectivity index (χ2n) is 1.98. The number of hydrogen-bond donors (Lipinski definition) is 2. The van der Waals surface area contributed by atoms with Crippen LogP contribution in [0.25, 0.3) is 0 Å². The Morgan fingerprint density at radius 3 is 2.50 bits per heavy atom. The van der Waals surface area contributed by atoms with E-state index in [0.717, 1.165) is 0 Å². The van der Waals surface area contributed by atoms with E-state index < -0.39 is 0 Å². The predicted molar refractivity (Wildman–Crippen MR) is 44.5 cm³/mol. The topological polar surface area (TPSA) is 64.4 Å². The van der Waals surface area contributed by atoms with Crippen LogP contribution >= 0.6 is 0 Å². The van der Waals surface area contributed by atoms with Crippen LogP contribution in [0.3, 0.4) is 0 Å². The molecule has 0 aliphatic heterocycles. The molecular formula is C7H9N3. The molecule has 10 heavy (non-hydrogen) atoms. The molecule has 0 fully saturated rings. The summed E-state index contributed by atoms with van der Waals surface area (Å²) < 4.78 is 0. The van der Waals surface area contributed by atoms with Gasteiger partial charge in [0.1, 0.15) is 0 Å². The standard InChI is InChI=1S/C7H9N3/c1-10-7-3-2-5(8)4-6(7)9/h2-4H,1,8-9H2. The first-order valence-electron chi connectivity index (χ1n) is 2.86. The number of nitrogen functional groups attached to an aromatic ring is 2. The molecule has 0 unspecified atom stereocenters. The summed E-state index contributed by atoms with van der Waals surface area (Å²) in [5.74, 6) is 0. The zero-order valence-corrected chi connectivity index (χ0v) is 5.54. The Morgan fingerprint density at radius 2 is 2.00 bits per heavy atom. The zero-order chi connectivity index (χ0) is 7.56. The van der Waals surface area contributed by atoms with Gasteiger partial charge in [0, 0.05) is 5.69 Å². The van der Waals surface area contributed by atoms with E-state index in [9.17, 15) is 0 Å². The lowest BCUT2D eigenvalue weighted by Crippen LogP contribution is -1.89. The molecule has 0 aliphatic rings. The van der Waals surface area contributed by atoms with Gasteiger partial charge in [-0.1, -0.05) is 0 Å². The maximum Gasteiger partial charge on any atom is 0.0853 e. The molecule has 52 valence electrons. The first-order valence-corrected chi connectivity index (χ1v) is 2.86. The molecule has 0 aliphatic carbocycles. The van der Waals surface area contributed by atoms with Crippen LogP contribution in [-0.4, -0.2) is 6.72 Å². The summed E-state index contributed by atoms with van der Waals surface area (Å²) in [6.45, 7) is 3.35. The average Bonchev–Trinajstić information content (AvgIpc) is 1.88. The molecule has 1 aromatic rings. The Balaban J connectivity index is 3.19. The van der Waals surface area contributed by atoms with Gasteiger partial charge in [0.25, 0.3) is 0 Å². The van der Waals surface area contributed by atoms with Crippen LogP contribution in [0, 0.1) is 0 Å². The maximum absolute atomic E-state index is 5.52. The molecule has 0 radical (unpaired) electrons. The summed E-state index contributed by atoms with van der Waals surface area (Å²) in [5.41, 5.74) is 12.8. The highest BCUT2D eigenvalue weighted by Crippen LogP contribution is 2.22. The van der Waals surface area contributed by atoms with Gasteiger partial charge in [-0.05, 0) is 24.9 Å². The summed E-state index contributed by atoms with van der Waals surface area (Å²) in [4.78, 5) is 3.68. The van der Waals surface area contributed by atoms with Crippen molar-refractivity contribution in [1.29, 1.82) is 0 Å². The lowest BCUT2D eigenvalue weighted by Gasteiger charge is -1.98. The van der Waals surface area contributed by atoms with E-state index in [1.165, 1.54) is 0 Å². The van der Waals surface area contributed by atoms with E-state index in [-0.39, 0.29) is 0 Å². The van der Waals surface area contributed by atoms with Crippen LogP contribution in [-0.2, 0) is 0 Å². The summed E-state index contributed by atoms with van der Waals surface area (Å²) in [7, 11) is 0. The van der Waals surface area contributed by atoms with Crippen molar-refractivity contribution < 1.29 is 0 Å². The number of hydrogen-bond acceptors (Lipinski definition) is 3. The fourth-order valence-electron chi connectivity index (χ4n) is 0.717. The summed E-state index contributed by atoms with van der Waals surface area (Å²) in [6, 6.07) is 5.13. The Bertz CT molecular complexity index is 255. The Morgan fingerprint density at radius 1 is 1.30 bits per heavy atom. The van der Waals surface area contributed by atoms with Crippen LogP contribution in [0.2, 0.25) is 0 Å². The monoisotopic (exact) mass is 135 g/mol. The summed E-state index contributed by atoms with van der Waals surface area (Å²) in [6.07, 6.45) is 0. The Hall–Kier alpha value is -1.51. The third-order valence-electron chi connectivity index (χ3n) is 1.22. The minimum Gasteiger partial charge on any atom is -0.399 e. The normalized spacial score (nSPS) is 9.20. The van der Waals surface area contributed by atoms with Gasteiger partial charge in [0.15, 0.2) is 0 Å². The van der Waals surface area contributed by atoms with Crippen molar-refractivity contribution in [1.82, 2.24) is 0 Å². The van der Waals surface area contributed by atoms with Crippen LogP contribution < -0.4 is 11.5 Å². The second kappa shape index (κ2) is 2.39. The minimum atomic E-state index is 0.565. The fourth-order valence-corrected chi connectivity index (χ4v) is 0.717. The van der Waals surface area contributed by atoms with Crippen LogP contribution in [0.5, 0.6) is 0 Å². The molecule has 3 heteroatoms. The molecule has 3 nitrogen and oxygen atoms in total. The third-order valence-corrected chi connectivity index (χ3v) is 1.22. The van der Waals surface area contributed by atoms with Gasteiger partial charge in [0.05, 0.1) is 11.4 Å². The molecule has 0 atom stereocenters. The highest BCUT2D eigenvalue weighted by molar-refractivity contribution is 5.69. The Kier molecular flexibility index (Phi) is 1.58. The quantitative estimate of drug-likeness (QED) is 0.448. The molecule has 4 N–H and O–H groups in total. The molecule has 1 aromatic carbocycles. The molecule has 0 saturated carbocycles. The average molecular weight is 135 g/mol. The molecule has 1 rings (SSSR count). The summed E-state index contributed by atoms with van der Waals surface area (Å²) >= 11 is 0. The molecule has 0 heterocycles. The molecular weight excluding hydrogens is 126 g/mol. The van der Waals surface area contributed by atoms with E-state index >= 15 is 0 Å². The van der Waals surface area contributed by atoms with Crippen molar-refractivity contribution in [2.45, 2.75) is 0 Å². The van der Waals surface area contributed by atoms with Crippen LogP contribution in [0.4, 0.5) is 17.1 Å². The fraction of sp³-hybridized carbons (Fsp3) is 0. The lowest BCUT2D eigenvalue weighted by atomic mass is 10.2. The number of anilines is 2. The van der Waals surface area contributed by atoms with E-state index in [1.54, 1.807) is 18.2 Å². The summed E-state index contributed by atoms with van der Waals surface area (Å²) in [5, 5.41) is 0. The van der Waals surface area contributed by atoms with E-state index in [4.69, 9.17) is 11.5 Å². The number of aliphatic imine (C=N–C) groups is 1. The largest absolute Gasteiger partial charge is 0.399 e. The van der Waals surface area contributed by atoms with Gasteiger partial charge in [-0.2, -0.15) is 0 Å². The lowest BCUT2D eigenvalue weighted by molar-refractivity contribution is 1.54. The first-order chi connectivity index (χ1) is 4.74. The van der Waals surface area contributed by atoms with E-state index in [0.29, 0.717) is 17.1 Å². The van der Waals surface area contributed by atoms with Crippen molar-refractivity contribution >= 4 is 23.8 Å². The van der Waals surface area contributed by atoms with Gasteiger partial charge in [-0.25, -0.2) is 0 Å². The van der Waals surface area contributed by atoms with Crippen molar-refractivity contribution in [3.8, 4) is 0 Å². The minimum absolute atomic E-state index is 0.565. The van der Waals surface area contributed by atoms with Crippen molar-refractivity contribution in [3.05, 3.63) is 18.2 Å². The predicted octanol–water partition coefficient (Wildman–Crippen LogP) is 1.18. The Labute approximate surface area is 59.4 Å². The molecule has 0 saturated heterocycles. The first kappa shape index (κ1) is 6.61. The molecule has 0 amide bonds. The number of rotatable bonds is 1. The van der Waals surface area contributed by atoms with Crippen molar-refractivity contribution in [3.63, 3.8) is 0 Å². The molecule has 0 spiro atoms. The molecule has 0 bridgehead atoms. The maximum atomic E-state index is 5.52. The SMILES string of the molecule is C=Nc1ccc(N)cc1N. The second-order valence-corrected chi connectivity index (χ2v) is 1.98. The smallest absolute Gasteiger partial charge is 0.0853 e. The van der Waals surface area contributed by atoms with Gasteiger partial charge in [0.2, 0.25) is 0 Å². The van der Waals surface area contributed by atoms with Gasteiger partial charge in [-0.3, -0.25) is 4.99 Å². The van der Waals surface area contributed by atoms with Gasteiger partial charge < -0.3 is 11.5 Å². The van der Waals surface area contributed by atoms with Crippen LogP contribution in [0.1, 0.15) is 0 Å². The van der Waals surface area contributed by atoms with E-state index in [1.807, 2.05) is 0 Å². The van der Waals surface area contributed by atoms with Gasteiger partial charge >= 0.3 is 0 Å². The number of nitrogens with two attached hydrogens (primary N) is 2. The number of benzene rings is 1. The number of nitrogens with zero attached hydrogens (tertiary/aromatic N) is 1. The highest BCUT2D eigenvalue weighted by Gasteiger charge is 1.93. The van der Waals surface area contributed by atoms with Crippen LogP contribution in [0.15, 0.2) is 23.2 Å². The van der Waals surface area contributed by atoms with Gasteiger partial charge in [-0.15, -0.1) is 0 Å². The van der Waals surface area contributed by atoms with Crippen molar-refractivity contribution in [2.75, 3.05) is 11.5 Å². The van der Waals surface area contributed by atoms with E-state index in [2.05, 4.69) is 11.7 Å². The third kappa shape index (κ3) is 1.07.